The lowest BCUT2D eigenvalue weighted by Gasteiger charge is -2.22. The first-order chi connectivity index (χ1) is 12.2. The second-order valence-electron chi connectivity index (χ2n) is 5.96. The Balaban J connectivity index is 2.06. The maximum absolute atomic E-state index is 12.8. The van der Waals surface area contributed by atoms with Crippen molar-refractivity contribution in [1.82, 2.24) is 9.47 Å². The van der Waals surface area contributed by atoms with E-state index in [9.17, 15) is 9.59 Å². The van der Waals surface area contributed by atoms with E-state index in [1.54, 1.807) is 4.90 Å². The predicted octanol–water partition coefficient (Wildman–Crippen LogP) is 3.67. The van der Waals surface area contributed by atoms with Crippen LogP contribution in [0.15, 0.2) is 48.8 Å². The number of hydrogen-bond acceptors (Lipinski definition) is 3. The number of amides is 1. The van der Waals surface area contributed by atoms with Crippen LogP contribution in [0.4, 0.5) is 0 Å². The second-order valence-corrected chi connectivity index (χ2v) is 5.96. The summed E-state index contributed by atoms with van der Waals surface area (Å²) in [6.45, 7) is 3.16. The number of carbonyl (C=O) groups excluding carboxylic acids is 2. The Hall–Kier alpha value is -2.56. The van der Waals surface area contributed by atoms with E-state index in [0.29, 0.717) is 18.7 Å². The standard InChI is InChI=1S/C20H26N2O3/c1-3-4-5-15-22(16-12-19(23)25-2)20(24)17-8-10-18(11-9-17)21-13-6-7-14-21/h6-11,13-14H,3-5,12,15-16H2,1-2H3. The Kier molecular flexibility index (Phi) is 7.26. The summed E-state index contributed by atoms with van der Waals surface area (Å²) in [6.07, 6.45) is 7.23. The van der Waals surface area contributed by atoms with Crippen molar-refractivity contribution in [3.05, 3.63) is 54.4 Å². The van der Waals surface area contributed by atoms with E-state index in [4.69, 9.17) is 0 Å². The molecule has 0 fully saturated rings. The number of aromatic nitrogens is 1. The van der Waals surface area contributed by atoms with Crippen LogP contribution in [0.25, 0.3) is 5.69 Å². The number of unbranched alkanes of at least 4 members (excludes halogenated alkanes) is 2. The van der Waals surface area contributed by atoms with Gasteiger partial charge in [-0.15, -0.1) is 0 Å². The average molecular weight is 342 g/mol. The zero-order valence-electron chi connectivity index (χ0n) is 15.0. The molecule has 25 heavy (non-hydrogen) atoms. The van der Waals surface area contributed by atoms with Crippen molar-refractivity contribution in [3.63, 3.8) is 0 Å². The Morgan fingerprint density at radius 1 is 1.04 bits per heavy atom. The first kappa shape index (κ1) is 18.8. The largest absolute Gasteiger partial charge is 0.469 e. The van der Waals surface area contributed by atoms with Gasteiger partial charge in [0, 0.05) is 36.7 Å². The Morgan fingerprint density at radius 2 is 1.72 bits per heavy atom. The smallest absolute Gasteiger partial charge is 0.307 e. The quantitative estimate of drug-likeness (QED) is 0.516. The summed E-state index contributed by atoms with van der Waals surface area (Å²) >= 11 is 0. The highest BCUT2D eigenvalue weighted by Gasteiger charge is 2.17. The lowest BCUT2D eigenvalue weighted by molar-refractivity contribution is -0.140. The van der Waals surface area contributed by atoms with Gasteiger partial charge in [0.05, 0.1) is 13.5 Å². The zero-order chi connectivity index (χ0) is 18.1. The average Bonchev–Trinajstić information content (AvgIpc) is 3.18. The highest BCUT2D eigenvalue weighted by Crippen LogP contribution is 2.13. The van der Waals surface area contributed by atoms with E-state index in [1.807, 2.05) is 53.4 Å². The van der Waals surface area contributed by atoms with E-state index in [0.717, 1.165) is 24.9 Å². The molecule has 0 spiro atoms. The fourth-order valence-corrected chi connectivity index (χ4v) is 2.66. The minimum atomic E-state index is -0.295. The van der Waals surface area contributed by atoms with Crippen LogP contribution in [0, 0.1) is 0 Å². The van der Waals surface area contributed by atoms with Crippen LogP contribution in [0.2, 0.25) is 0 Å². The van der Waals surface area contributed by atoms with Gasteiger partial charge in [0.2, 0.25) is 0 Å². The third-order valence-corrected chi connectivity index (χ3v) is 4.15. The number of benzene rings is 1. The number of esters is 1. The SMILES string of the molecule is CCCCCN(CCC(=O)OC)C(=O)c1ccc(-n2cccc2)cc1. The normalized spacial score (nSPS) is 10.5. The van der Waals surface area contributed by atoms with Gasteiger partial charge >= 0.3 is 5.97 Å². The highest BCUT2D eigenvalue weighted by atomic mass is 16.5. The van der Waals surface area contributed by atoms with Crippen molar-refractivity contribution in [2.75, 3.05) is 20.2 Å². The summed E-state index contributed by atoms with van der Waals surface area (Å²) in [5.74, 6) is -0.338. The monoisotopic (exact) mass is 342 g/mol. The fraction of sp³-hybridized carbons (Fsp3) is 0.400. The molecule has 134 valence electrons. The van der Waals surface area contributed by atoms with Gasteiger partial charge in [-0.1, -0.05) is 19.8 Å². The summed E-state index contributed by atoms with van der Waals surface area (Å²) in [5.41, 5.74) is 1.64. The minimum absolute atomic E-state index is 0.0425. The van der Waals surface area contributed by atoms with Crippen molar-refractivity contribution in [2.24, 2.45) is 0 Å². The summed E-state index contributed by atoms with van der Waals surface area (Å²) < 4.78 is 6.68. The van der Waals surface area contributed by atoms with Crippen LogP contribution in [0.3, 0.4) is 0 Å². The molecule has 1 aromatic carbocycles. The summed E-state index contributed by atoms with van der Waals surface area (Å²) in [4.78, 5) is 26.0. The molecular weight excluding hydrogens is 316 g/mol. The molecule has 1 amide bonds. The van der Waals surface area contributed by atoms with Crippen LogP contribution in [-0.4, -0.2) is 41.5 Å². The van der Waals surface area contributed by atoms with Gasteiger partial charge in [-0.25, -0.2) is 0 Å². The molecule has 0 atom stereocenters. The van der Waals surface area contributed by atoms with Gasteiger partial charge in [0.1, 0.15) is 0 Å². The lowest BCUT2D eigenvalue weighted by Crippen LogP contribution is -2.34. The van der Waals surface area contributed by atoms with Crippen LogP contribution < -0.4 is 0 Å². The molecule has 2 rings (SSSR count). The number of carbonyl (C=O) groups is 2. The molecular formula is C20H26N2O3. The molecule has 0 radical (unpaired) electrons. The molecule has 0 N–H and O–H groups in total. The van der Waals surface area contributed by atoms with Crippen LogP contribution in [-0.2, 0) is 9.53 Å². The molecule has 0 aliphatic heterocycles. The minimum Gasteiger partial charge on any atom is -0.469 e. The van der Waals surface area contributed by atoms with Gasteiger partial charge in [0.15, 0.2) is 0 Å². The zero-order valence-corrected chi connectivity index (χ0v) is 15.0. The summed E-state index contributed by atoms with van der Waals surface area (Å²) in [5, 5.41) is 0. The van der Waals surface area contributed by atoms with Crippen molar-refractivity contribution in [3.8, 4) is 5.69 Å². The molecule has 0 aliphatic rings. The van der Waals surface area contributed by atoms with E-state index in [2.05, 4.69) is 11.7 Å². The first-order valence-electron chi connectivity index (χ1n) is 8.75. The molecule has 5 nitrogen and oxygen atoms in total. The third kappa shape index (κ3) is 5.48. The Bertz CT molecular complexity index is 663. The maximum atomic E-state index is 12.8. The van der Waals surface area contributed by atoms with E-state index >= 15 is 0 Å². The van der Waals surface area contributed by atoms with Gasteiger partial charge in [-0.2, -0.15) is 0 Å². The molecule has 1 aromatic heterocycles. The molecule has 2 aromatic rings. The molecule has 0 unspecified atom stereocenters. The van der Waals surface area contributed by atoms with Gasteiger partial charge in [-0.3, -0.25) is 9.59 Å². The van der Waals surface area contributed by atoms with Crippen molar-refractivity contribution < 1.29 is 14.3 Å². The van der Waals surface area contributed by atoms with Gasteiger partial charge in [-0.05, 0) is 42.8 Å². The molecule has 0 saturated carbocycles. The Labute approximate surface area is 149 Å². The molecule has 0 aliphatic carbocycles. The summed E-state index contributed by atoms with van der Waals surface area (Å²) in [7, 11) is 1.37. The van der Waals surface area contributed by atoms with E-state index in [1.165, 1.54) is 7.11 Å². The number of nitrogens with zero attached hydrogens (tertiary/aromatic N) is 2. The predicted molar refractivity (Wildman–Crippen MR) is 97.8 cm³/mol. The number of hydrogen-bond donors (Lipinski definition) is 0. The number of ether oxygens (including phenoxy) is 1. The molecule has 0 saturated heterocycles. The van der Waals surface area contributed by atoms with Crippen molar-refractivity contribution >= 4 is 11.9 Å². The molecule has 1 heterocycles. The lowest BCUT2D eigenvalue weighted by atomic mass is 10.1. The topological polar surface area (TPSA) is 51.5 Å². The highest BCUT2D eigenvalue weighted by molar-refractivity contribution is 5.94. The van der Waals surface area contributed by atoms with Crippen LogP contribution in [0.5, 0.6) is 0 Å². The number of methoxy groups -OCH3 is 1. The van der Waals surface area contributed by atoms with Crippen molar-refractivity contribution in [2.45, 2.75) is 32.6 Å². The first-order valence-corrected chi connectivity index (χ1v) is 8.75. The van der Waals surface area contributed by atoms with Crippen LogP contribution >= 0.6 is 0 Å². The molecule has 0 bridgehead atoms. The fourth-order valence-electron chi connectivity index (χ4n) is 2.66. The van der Waals surface area contributed by atoms with E-state index < -0.39 is 0 Å². The maximum Gasteiger partial charge on any atom is 0.307 e. The van der Waals surface area contributed by atoms with E-state index in [-0.39, 0.29) is 18.3 Å². The van der Waals surface area contributed by atoms with Crippen molar-refractivity contribution in [1.29, 1.82) is 0 Å². The Morgan fingerprint density at radius 3 is 2.32 bits per heavy atom. The summed E-state index contributed by atoms with van der Waals surface area (Å²) in [6, 6.07) is 11.4. The van der Waals surface area contributed by atoms with Crippen LogP contribution in [0.1, 0.15) is 43.0 Å². The third-order valence-electron chi connectivity index (χ3n) is 4.15. The van der Waals surface area contributed by atoms with Gasteiger partial charge < -0.3 is 14.2 Å². The number of rotatable bonds is 9. The van der Waals surface area contributed by atoms with Gasteiger partial charge in [0.25, 0.3) is 5.91 Å². The second kappa shape index (κ2) is 9.67. The molecule has 5 heteroatoms.